The van der Waals surface area contributed by atoms with Gasteiger partial charge in [0.25, 0.3) is 0 Å². The van der Waals surface area contributed by atoms with Crippen LogP contribution < -0.4 is 10.6 Å². The van der Waals surface area contributed by atoms with Crippen molar-refractivity contribution in [2.75, 3.05) is 13.1 Å². The van der Waals surface area contributed by atoms with Crippen LogP contribution in [0.3, 0.4) is 0 Å². The van der Waals surface area contributed by atoms with Gasteiger partial charge in [-0.05, 0) is 50.9 Å². The van der Waals surface area contributed by atoms with Crippen molar-refractivity contribution in [3.63, 3.8) is 0 Å². The molecule has 16 heavy (non-hydrogen) atoms. The molecule has 0 aliphatic heterocycles. The molecule has 0 saturated heterocycles. The Morgan fingerprint density at radius 1 is 1.25 bits per heavy atom. The summed E-state index contributed by atoms with van der Waals surface area (Å²) in [6, 6.07) is 5.35. The van der Waals surface area contributed by atoms with E-state index in [0.717, 1.165) is 25.6 Å². The van der Waals surface area contributed by atoms with Crippen LogP contribution in [0.2, 0.25) is 0 Å². The van der Waals surface area contributed by atoms with Gasteiger partial charge in [0.1, 0.15) is 0 Å². The molecule has 0 aromatic carbocycles. The highest BCUT2D eigenvalue weighted by Gasteiger charge is 2.19. The van der Waals surface area contributed by atoms with E-state index >= 15 is 0 Å². The van der Waals surface area contributed by atoms with E-state index in [1.807, 2.05) is 11.3 Å². The third kappa shape index (κ3) is 4.24. The van der Waals surface area contributed by atoms with Crippen molar-refractivity contribution in [3.05, 3.63) is 21.9 Å². The van der Waals surface area contributed by atoms with Crippen molar-refractivity contribution >= 4 is 11.3 Å². The lowest BCUT2D eigenvalue weighted by atomic mass is 10.3. The highest BCUT2D eigenvalue weighted by molar-refractivity contribution is 7.11. The van der Waals surface area contributed by atoms with Gasteiger partial charge in [0, 0.05) is 22.3 Å². The van der Waals surface area contributed by atoms with Crippen molar-refractivity contribution in [1.29, 1.82) is 0 Å². The van der Waals surface area contributed by atoms with Crippen LogP contribution >= 0.6 is 11.3 Å². The summed E-state index contributed by atoms with van der Waals surface area (Å²) in [5, 5.41) is 7.03. The van der Waals surface area contributed by atoms with Gasteiger partial charge in [0.05, 0.1) is 0 Å². The van der Waals surface area contributed by atoms with Crippen molar-refractivity contribution in [2.24, 2.45) is 0 Å². The van der Waals surface area contributed by atoms with Gasteiger partial charge in [-0.3, -0.25) is 0 Å². The fourth-order valence-electron chi connectivity index (χ4n) is 1.73. The first-order valence-electron chi connectivity index (χ1n) is 6.40. The topological polar surface area (TPSA) is 24.1 Å². The lowest BCUT2D eigenvalue weighted by molar-refractivity contribution is 0.595. The highest BCUT2D eigenvalue weighted by Crippen LogP contribution is 2.18. The predicted octanol–water partition coefficient (Wildman–Crippen LogP) is 2.54. The second kappa shape index (κ2) is 6.38. The Hall–Kier alpha value is -0.380. The first-order chi connectivity index (χ1) is 7.88. The molecular formula is C13H22N2S. The van der Waals surface area contributed by atoms with Crippen LogP contribution in [0, 0.1) is 0 Å². The normalized spacial score (nSPS) is 15.6. The Balaban J connectivity index is 1.49. The van der Waals surface area contributed by atoms with Crippen LogP contribution in [0.5, 0.6) is 0 Å². The van der Waals surface area contributed by atoms with Gasteiger partial charge in [-0.25, -0.2) is 0 Å². The molecule has 1 fully saturated rings. The Labute approximate surface area is 102 Å². The molecule has 1 saturated carbocycles. The first-order valence-corrected chi connectivity index (χ1v) is 7.22. The molecule has 2 rings (SSSR count). The van der Waals surface area contributed by atoms with E-state index < -0.39 is 0 Å². The minimum absolute atomic E-state index is 0.851. The fraction of sp³-hybridized carbons (Fsp3) is 0.692. The van der Waals surface area contributed by atoms with Crippen LogP contribution in [-0.4, -0.2) is 19.1 Å². The van der Waals surface area contributed by atoms with Gasteiger partial charge in [-0.2, -0.15) is 0 Å². The average Bonchev–Trinajstić information content (AvgIpc) is 3.01. The Bertz CT molecular complexity index is 305. The summed E-state index contributed by atoms with van der Waals surface area (Å²) in [5.41, 5.74) is 0. The summed E-state index contributed by atoms with van der Waals surface area (Å²) >= 11 is 1.93. The molecule has 3 heteroatoms. The van der Waals surface area contributed by atoms with E-state index in [-0.39, 0.29) is 0 Å². The van der Waals surface area contributed by atoms with Crippen LogP contribution in [0.1, 0.15) is 35.9 Å². The maximum absolute atomic E-state index is 3.53. The summed E-state index contributed by atoms with van der Waals surface area (Å²) in [6.07, 6.45) is 5.18. The number of nitrogens with one attached hydrogen (secondary N) is 2. The fourth-order valence-corrected chi connectivity index (χ4v) is 2.65. The lowest BCUT2D eigenvalue weighted by Gasteiger charge is -2.04. The molecule has 2 nitrogen and oxygen atoms in total. The van der Waals surface area contributed by atoms with E-state index in [0.29, 0.717) is 0 Å². The Kier molecular flexibility index (Phi) is 4.82. The summed E-state index contributed by atoms with van der Waals surface area (Å²) in [4.78, 5) is 2.96. The largest absolute Gasteiger partial charge is 0.314 e. The standard InChI is InChI=1S/C13H22N2S/c1-2-12-6-7-13(16-12)10-14-8-3-9-15-11-4-5-11/h6-7,11,14-15H,2-5,8-10H2,1H3. The zero-order valence-electron chi connectivity index (χ0n) is 10.1. The molecule has 90 valence electrons. The molecule has 1 heterocycles. The molecule has 1 aliphatic rings. The molecule has 1 aliphatic carbocycles. The van der Waals surface area contributed by atoms with Gasteiger partial charge in [-0.1, -0.05) is 6.92 Å². The SMILES string of the molecule is CCc1ccc(CNCCCNC2CC2)s1. The third-order valence-electron chi connectivity index (χ3n) is 2.91. The number of aryl methyl sites for hydroxylation is 1. The number of hydrogen-bond acceptors (Lipinski definition) is 3. The van der Waals surface area contributed by atoms with Crippen LogP contribution in [0.4, 0.5) is 0 Å². The van der Waals surface area contributed by atoms with Gasteiger partial charge in [0.15, 0.2) is 0 Å². The van der Waals surface area contributed by atoms with E-state index in [4.69, 9.17) is 0 Å². The van der Waals surface area contributed by atoms with Crippen molar-refractivity contribution in [2.45, 2.75) is 45.2 Å². The Morgan fingerprint density at radius 3 is 2.75 bits per heavy atom. The highest BCUT2D eigenvalue weighted by atomic mass is 32.1. The molecule has 1 aromatic rings. The second-order valence-corrected chi connectivity index (χ2v) is 5.73. The van der Waals surface area contributed by atoms with Crippen molar-refractivity contribution < 1.29 is 0 Å². The molecular weight excluding hydrogens is 216 g/mol. The number of rotatable bonds is 8. The number of thiophene rings is 1. The van der Waals surface area contributed by atoms with E-state index in [9.17, 15) is 0 Å². The van der Waals surface area contributed by atoms with Crippen LogP contribution in [0.25, 0.3) is 0 Å². The summed E-state index contributed by atoms with van der Waals surface area (Å²) < 4.78 is 0. The molecule has 1 aromatic heterocycles. The number of hydrogen-bond donors (Lipinski definition) is 2. The molecule has 0 spiro atoms. The summed E-state index contributed by atoms with van der Waals surface area (Å²) in [5.74, 6) is 0. The molecule has 0 amide bonds. The molecule has 2 N–H and O–H groups in total. The van der Waals surface area contributed by atoms with E-state index in [1.54, 1.807) is 0 Å². The second-order valence-electron chi connectivity index (χ2n) is 4.48. The van der Waals surface area contributed by atoms with Gasteiger partial charge >= 0.3 is 0 Å². The van der Waals surface area contributed by atoms with E-state index in [1.165, 1.54) is 35.6 Å². The predicted molar refractivity (Wildman–Crippen MR) is 71.0 cm³/mol. The minimum Gasteiger partial charge on any atom is -0.314 e. The van der Waals surface area contributed by atoms with Crippen LogP contribution in [0.15, 0.2) is 12.1 Å². The average molecular weight is 238 g/mol. The van der Waals surface area contributed by atoms with Crippen LogP contribution in [-0.2, 0) is 13.0 Å². The summed E-state index contributed by atoms with van der Waals surface area (Å²) in [7, 11) is 0. The van der Waals surface area contributed by atoms with Crippen molar-refractivity contribution in [3.8, 4) is 0 Å². The quantitative estimate of drug-likeness (QED) is 0.680. The van der Waals surface area contributed by atoms with Crippen molar-refractivity contribution in [1.82, 2.24) is 10.6 Å². The summed E-state index contributed by atoms with van der Waals surface area (Å²) in [6.45, 7) is 5.54. The smallest absolute Gasteiger partial charge is 0.0299 e. The molecule has 0 atom stereocenters. The zero-order valence-corrected chi connectivity index (χ0v) is 10.9. The lowest BCUT2D eigenvalue weighted by Crippen LogP contribution is -2.22. The van der Waals surface area contributed by atoms with Gasteiger partial charge in [0.2, 0.25) is 0 Å². The Morgan fingerprint density at radius 2 is 2.06 bits per heavy atom. The van der Waals surface area contributed by atoms with Gasteiger partial charge in [-0.15, -0.1) is 11.3 Å². The van der Waals surface area contributed by atoms with Gasteiger partial charge < -0.3 is 10.6 Å². The zero-order chi connectivity index (χ0) is 11.2. The molecule has 0 radical (unpaired) electrons. The molecule has 0 unspecified atom stereocenters. The maximum atomic E-state index is 3.53. The first kappa shape index (κ1) is 12.1. The monoisotopic (exact) mass is 238 g/mol. The minimum atomic E-state index is 0.851. The third-order valence-corrected chi connectivity index (χ3v) is 4.14. The maximum Gasteiger partial charge on any atom is 0.0299 e. The molecule has 0 bridgehead atoms. The van der Waals surface area contributed by atoms with E-state index in [2.05, 4.69) is 29.7 Å².